The van der Waals surface area contributed by atoms with Crippen molar-refractivity contribution in [2.75, 3.05) is 6.61 Å². The molecule has 1 unspecified atom stereocenters. The quantitative estimate of drug-likeness (QED) is 0.251. The van der Waals surface area contributed by atoms with Gasteiger partial charge in [0.2, 0.25) is 0 Å². The van der Waals surface area contributed by atoms with Gasteiger partial charge in [-0.05, 0) is 62.1 Å². The summed E-state index contributed by atoms with van der Waals surface area (Å²) in [4.78, 5) is 10.5. The Balaban J connectivity index is 2.41. The fourth-order valence-corrected chi connectivity index (χ4v) is 3.16. The molecule has 3 nitrogen and oxygen atoms in total. The first-order valence-electron chi connectivity index (χ1n) is 10.6. The maximum absolute atomic E-state index is 12.7. The second-order valence-electron chi connectivity index (χ2n) is 7.51. The Labute approximate surface area is 177 Å². The number of halogens is 3. The number of alkyl halides is 3. The van der Waals surface area contributed by atoms with Crippen molar-refractivity contribution in [2.24, 2.45) is 11.8 Å². The number of benzene rings is 1. The van der Waals surface area contributed by atoms with Gasteiger partial charge in [0.05, 0.1) is 12.2 Å². The number of allylic oxidation sites excluding steroid dienone is 3. The zero-order valence-electron chi connectivity index (χ0n) is 17.8. The van der Waals surface area contributed by atoms with Crippen LogP contribution in [0.4, 0.5) is 13.2 Å². The zero-order chi connectivity index (χ0) is 22.4. The summed E-state index contributed by atoms with van der Waals surface area (Å²) in [5, 5.41) is 8.63. The van der Waals surface area contributed by atoms with Crippen molar-refractivity contribution >= 4 is 5.97 Å². The largest absolute Gasteiger partial charge is 0.493 e. The number of rotatable bonds is 14. The average Bonchev–Trinajstić information content (AvgIpc) is 2.68. The van der Waals surface area contributed by atoms with Crippen molar-refractivity contribution in [1.29, 1.82) is 0 Å². The van der Waals surface area contributed by atoms with Gasteiger partial charge in [0.1, 0.15) is 5.75 Å². The number of hydrogen-bond donors (Lipinski definition) is 1. The van der Waals surface area contributed by atoms with Crippen LogP contribution in [0.2, 0.25) is 0 Å². The lowest BCUT2D eigenvalue weighted by molar-refractivity contribution is -0.138. The summed E-state index contributed by atoms with van der Waals surface area (Å²) >= 11 is 0. The Morgan fingerprint density at radius 2 is 1.97 bits per heavy atom. The van der Waals surface area contributed by atoms with Gasteiger partial charge in [-0.15, -0.1) is 0 Å². The molecule has 1 aromatic carbocycles. The number of carbonyl (C=O) groups is 1. The van der Waals surface area contributed by atoms with Crippen molar-refractivity contribution in [1.82, 2.24) is 0 Å². The number of carboxylic acids is 1. The van der Waals surface area contributed by atoms with Crippen LogP contribution in [0.15, 0.2) is 48.6 Å². The molecule has 0 saturated heterocycles. The van der Waals surface area contributed by atoms with E-state index in [9.17, 15) is 18.0 Å². The highest BCUT2D eigenvalue weighted by Gasteiger charge is 2.30. The van der Waals surface area contributed by atoms with Crippen molar-refractivity contribution in [3.63, 3.8) is 0 Å². The van der Waals surface area contributed by atoms with Gasteiger partial charge in [-0.25, -0.2) is 0 Å². The number of unbranched alkanes of at least 4 members (excludes halogenated alkanes) is 1. The van der Waals surface area contributed by atoms with Gasteiger partial charge in [-0.2, -0.15) is 13.2 Å². The summed E-state index contributed by atoms with van der Waals surface area (Å²) in [5.74, 6) is 0.347. The zero-order valence-corrected chi connectivity index (χ0v) is 17.8. The van der Waals surface area contributed by atoms with E-state index in [1.54, 1.807) is 0 Å². The fourth-order valence-electron chi connectivity index (χ4n) is 3.16. The Morgan fingerprint density at radius 1 is 1.20 bits per heavy atom. The van der Waals surface area contributed by atoms with Crippen molar-refractivity contribution < 1.29 is 27.8 Å². The highest BCUT2D eigenvalue weighted by Crippen LogP contribution is 2.31. The Bertz CT molecular complexity index is 681. The van der Waals surface area contributed by atoms with E-state index in [4.69, 9.17) is 9.84 Å². The lowest BCUT2D eigenvalue weighted by atomic mass is 9.87. The topological polar surface area (TPSA) is 46.5 Å². The Hall–Kier alpha value is -2.24. The maximum Gasteiger partial charge on any atom is 0.416 e. The molecule has 1 aromatic rings. The van der Waals surface area contributed by atoms with Crippen LogP contribution < -0.4 is 4.74 Å². The highest BCUT2D eigenvalue weighted by atomic mass is 19.4. The lowest BCUT2D eigenvalue weighted by Crippen LogP contribution is -2.08. The van der Waals surface area contributed by atoms with Crippen LogP contribution in [-0.4, -0.2) is 17.7 Å². The molecule has 0 aromatic heterocycles. The van der Waals surface area contributed by atoms with E-state index in [0.29, 0.717) is 31.3 Å². The van der Waals surface area contributed by atoms with E-state index in [0.717, 1.165) is 37.8 Å². The molecule has 0 fully saturated rings. The van der Waals surface area contributed by atoms with Crippen LogP contribution in [-0.2, 0) is 11.0 Å². The van der Waals surface area contributed by atoms with E-state index in [1.165, 1.54) is 12.1 Å². The number of carboxylic acid groups (broad SMARTS) is 1. The van der Waals surface area contributed by atoms with Gasteiger partial charge >= 0.3 is 12.1 Å². The molecule has 168 valence electrons. The summed E-state index contributed by atoms with van der Waals surface area (Å²) in [5.41, 5.74) is -0.705. The standard InChI is InChI=1S/C24H33F3O3/c1-3-11-20(19(2)12-6-4-5-7-16-23(28)29)13-8-9-17-30-22-15-10-14-21(18-22)24(25,26)27/h4,6,8,10,13-15,18-20H,3,5,7,9,11-12,16-17H2,1-2H3,(H,28,29)/b6-4-,13-8+/t19-,20?/m1/s1. The summed E-state index contributed by atoms with van der Waals surface area (Å²) in [6.07, 6.45) is 9.37. The molecule has 0 aliphatic heterocycles. The van der Waals surface area contributed by atoms with E-state index in [2.05, 4.69) is 32.1 Å². The van der Waals surface area contributed by atoms with Crippen LogP contribution in [0.1, 0.15) is 64.4 Å². The smallest absolute Gasteiger partial charge is 0.416 e. The van der Waals surface area contributed by atoms with Crippen molar-refractivity contribution in [3.8, 4) is 5.75 Å². The predicted octanol–water partition coefficient (Wildman–Crippen LogP) is 7.28. The second-order valence-corrected chi connectivity index (χ2v) is 7.51. The first-order chi connectivity index (χ1) is 14.2. The molecule has 0 aliphatic carbocycles. The molecular weight excluding hydrogens is 393 g/mol. The van der Waals surface area contributed by atoms with Gasteiger partial charge in [0.25, 0.3) is 0 Å². The molecule has 1 rings (SSSR count). The van der Waals surface area contributed by atoms with Gasteiger partial charge in [-0.1, -0.05) is 50.6 Å². The number of ether oxygens (including phenoxy) is 1. The fraction of sp³-hybridized carbons (Fsp3) is 0.542. The average molecular weight is 427 g/mol. The van der Waals surface area contributed by atoms with Crippen LogP contribution in [0.25, 0.3) is 0 Å². The maximum atomic E-state index is 12.7. The number of hydrogen-bond acceptors (Lipinski definition) is 2. The molecule has 30 heavy (non-hydrogen) atoms. The molecule has 0 amide bonds. The van der Waals surface area contributed by atoms with E-state index in [-0.39, 0.29) is 12.2 Å². The van der Waals surface area contributed by atoms with Gasteiger partial charge in [-0.3, -0.25) is 4.79 Å². The minimum Gasteiger partial charge on any atom is -0.493 e. The SMILES string of the molecule is CCCC(/C=C/CCOc1cccc(C(F)(F)F)c1)[C@H](C)C/C=C\CCCC(=O)O. The molecule has 0 saturated carbocycles. The molecule has 0 heterocycles. The minimum absolute atomic E-state index is 0.198. The molecule has 6 heteroatoms. The van der Waals surface area contributed by atoms with E-state index < -0.39 is 17.7 Å². The summed E-state index contributed by atoms with van der Waals surface area (Å²) in [6, 6.07) is 4.93. The molecule has 0 aliphatic rings. The second kappa shape index (κ2) is 13.9. The molecule has 1 N–H and O–H groups in total. The van der Waals surface area contributed by atoms with Gasteiger partial charge in [0, 0.05) is 6.42 Å². The molecule has 0 bridgehead atoms. The van der Waals surface area contributed by atoms with E-state index in [1.807, 2.05) is 6.08 Å². The normalized spacial score (nSPS) is 14.3. The number of aliphatic carboxylic acids is 1. The lowest BCUT2D eigenvalue weighted by Gasteiger charge is -2.19. The monoisotopic (exact) mass is 426 g/mol. The molecule has 2 atom stereocenters. The summed E-state index contributed by atoms with van der Waals surface area (Å²) in [6.45, 7) is 4.67. The van der Waals surface area contributed by atoms with Gasteiger partial charge in [0.15, 0.2) is 0 Å². The van der Waals surface area contributed by atoms with Crippen LogP contribution in [0.5, 0.6) is 5.75 Å². The first-order valence-corrected chi connectivity index (χ1v) is 10.6. The Kier molecular flexibility index (Phi) is 11.9. The third-order valence-corrected chi connectivity index (χ3v) is 4.89. The van der Waals surface area contributed by atoms with Crippen LogP contribution >= 0.6 is 0 Å². The molecular formula is C24H33F3O3. The summed E-state index contributed by atoms with van der Waals surface area (Å²) in [7, 11) is 0. The third-order valence-electron chi connectivity index (χ3n) is 4.89. The molecule has 0 spiro atoms. The summed E-state index contributed by atoms with van der Waals surface area (Å²) < 4.78 is 43.7. The van der Waals surface area contributed by atoms with Crippen molar-refractivity contribution in [2.45, 2.75) is 65.0 Å². The van der Waals surface area contributed by atoms with E-state index >= 15 is 0 Å². The van der Waals surface area contributed by atoms with Crippen LogP contribution in [0, 0.1) is 11.8 Å². The molecule has 0 radical (unpaired) electrons. The Morgan fingerprint density at radius 3 is 2.63 bits per heavy atom. The first kappa shape index (κ1) is 25.8. The van der Waals surface area contributed by atoms with Crippen molar-refractivity contribution in [3.05, 3.63) is 54.1 Å². The highest BCUT2D eigenvalue weighted by molar-refractivity contribution is 5.66. The van der Waals surface area contributed by atoms with Crippen LogP contribution in [0.3, 0.4) is 0 Å². The predicted molar refractivity (Wildman–Crippen MR) is 114 cm³/mol. The third kappa shape index (κ3) is 11.1. The van der Waals surface area contributed by atoms with Gasteiger partial charge < -0.3 is 9.84 Å². The minimum atomic E-state index is -4.37.